The third-order valence-electron chi connectivity index (χ3n) is 5.20. The second-order valence-electron chi connectivity index (χ2n) is 6.59. The second-order valence-corrected chi connectivity index (χ2v) is 6.97. The molecule has 3 atom stereocenters. The van der Waals surface area contributed by atoms with Gasteiger partial charge in [-0.15, -0.1) is 0 Å². The lowest BCUT2D eigenvalue weighted by atomic mass is 9.71. The monoisotopic (exact) mass is 311 g/mol. The Morgan fingerprint density at radius 2 is 2.05 bits per heavy atom. The maximum absolute atomic E-state index is 6.46. The minimum Gasteiger partial charge on any atom is -0.317 e. The summed E-state index contributed by atoms with van der Waals surface area (Å²) < 4.78 is 1.98. The third kappa shape index (κ3) is 4.01. The van der Waals surface area contributed by atoms with Crippen molar-refractivity contribution in [1.29, 1.82) is 0 Å². The van der Waals surface area contributed by atoms with E-state index in [0.717, 1.165) is 48.0 Å². The molecule has 4 heteroatoms. The van der Waals surface area contributed by atoms with E-state index in [-0.39, 0.29) is 0 Å². The molecule has 1 aromatic rings. The highest BCUT2D eigenvalue weighted by molar-refractivity contribution is 6.31. The van der Waals surface area contributed by atoms with Gasteiger partial charge in [0.25, 0.3) is 0 Å². The summed E-state index contributed by atoms with van der Waals surface area (Å²) in [7, 11) is 2.02. The number of aromatic nitrogens is 2. The first-order valence-electron chi connectivity index (χ1n) is 8.45. The van der Waals surface area contributed by atoms with Gasteiger partial charge in [0.1, 0.15) is 0 Å². The van der Waals surface area contributed by atoms with Gasteiger partial charge in [0.05, 0.1) is 16.4 Å². The van der Waals surface area contributed by atoms with Crippen molar-refractivity contribution < 1.29 is 0 Å². The molecule has 1 N–H and O–H groups in total. The number of nitrogens with one attached hydrogen (secondary N) is 1. The molecule has 0 aliphatic heterocycles. The molecule has 1 heterocycles. The average Bonchev–Trinajstić information content (AvgIpc) is 2.72. The molecule has 120 valence electrons. The Kier molecular flexibility index (Phi) is 6.12. The second kappa shape index (κ2) is 7.64. The zero-order valence-corrected chi connectivity index (χ0v) is 14.7. The van der Waals surface area contributed by atoms with Crippen LogP contribution in [0.1, 0.15) is 50.9 Å². The molecule has 1 fully saturated rings. The van der Waals surface area contributed by atoms with Crippen LogP contribution in [0.4, 0.5) is 0 Å². The van der Waals surface area contributed by atoms with Crippen molar-refractivity contribution >= 4 is 11.6 Å². The molecule has 2 rings (SSSR count). The molecular formula is C17H30ClN3. The van der Waals surface area contributed by atoms with E-state index in [9.17, 15) is 0 Å². The molecule has 1 aliphatic carbocycles. The maximum atomic E-state index is 6.46. The first-order chi connectivity index (χ1) is 10.1. The molecule has 0 aromatic carbocycles. The van der Waals surface area contributed by atoms with Crippen molar-refractivity contribution in [2.45, 2.75) is 52.9 Å². The Hall–Kier alpha value is -0.540. The average molecular weight is 312 g/mol. The summed E-state index contributed by atoms with van der Waals surface area (Å²) in [4.78, 5) is 0. The predicted molar refractivity (Wildman–Crippen MR) is 89.8 cm³/mol. The molecule has 21 heavy (non-hydrogen) atoms. The van der Waals surface area contributed by atoms with E-state index in [2.05, 4.69) is 24.3 Å². The number of hydrogen-bond acceptors (Lipinski definition) is 2. The van der Waals surface area contributed by atoms with Crippen LogP contribution in [0.3, 0.4) is 0 Å². The van der Waals surface area contributed by atoms with Gasteiger partial charge >= 0.3 is 0 Å². The van der Waals surface area contributed by atoms with Gasteiger partial charge in [-0.25, -0.2) is 0 Å². The lowest BCUT2D eigenvalue weighted by molar-refractivity contribution is 0.170. The maximum Gasteiger partial charge on any atom is 0.0847 e. The van der Waals surface area contributed by atoms with Gasteiger partial charge in [0.15, 0.2) is 0 Å². The summed E-state index contributed by atoms with van der Waals surface area (Å²) in [5.41, 5.74) is 2.18. The van der Waals surface area contributed by atoms with Crippen molar-refractivity contribution in [1.82, 2.24) is 15.1 Å². The topological polar surface area (TPSA) is 29.9 Å². The highest BCUT2D eigenvalue weighted by Crippen LogP contribution is 2.38. The van der Waals surface area contributed by atoms with Crippen LogP contribution in [-0.2, 0) is 13.5 Å². The lowest BCUT2D eigenvalue weighted by Crippen LogP contribution is -2.34. The molecule has 0 saturated heterocycles. The Balaban J connectivity index is 2.11. The van der Waals surface area contributed by atoms with E-state index in [4.69, 9.17) is 11.6 Å². The summed E-state index contributed by atoms with van der Waals surface area (Å²) in [5, 5.41) is 8.89. The molecular weight excluding hydrogens is 282 g/mol. The third-order valence-corrected chi connectivity index (χ3v) is 5.69. The van der Waals surface area contributed by atoms with Crippen LogP contribution in [0.25, 0.3) is 0 Å². The van der Waals surface area contributed by atoms with Gasteiger partial charge in [0, 0.05) is 7.05 Å². The number of rotatable bonds is 6. The Morgan fingerprint density at radius 1 is 1.29 bits per heavy atom. The minimum absolute atomic E-state index is 0.732. The fourth-order valence-corrected chi connectivity index (χ4v) is 4.03. The number of hydrogen-bond donors (Lipinski definition) is 1. The molecule has 0 spiro atoms. The van der Waals surface area contributed by atoms with Crippen molar-refractivity contribution in [2.24, 2.45) is 24.8 Å². The Morgan fingerprint density at radius 3 is 2.62 bits per heavy atom. The first kappa shape index (κ1) is 16.8. The lowest BCUT2D eigenvalue weighted by Gasteiger charge is -2.36. The van der Waals surface area contributed by atoms with Crippen LogP contribution in [-0.4, -0.2) is 22.9 Å². The highest BCUT2D eigenvalue weighted by Gasteiger charge is 2.31. The smallest absolute Gasteiger partial charge is 0.0847 e. The van der Waals surface area contributed by atoms with Crippen LogP contribution >= 0.6 is 11.6 Å². The molecule has 3 unspecified atom stereocenters. The van der Waals surface area contributed by atoms with Crippen LogP contribution in [0.15, 0.2) is 0 Å². The van der Waals surface area contributed by atoms with E-state index in [1.807, 2.05) is 18.7 Å². The van der Waals surface area contributed by atoms with Crippen molar-refractivity contribution in [3.8, 4) is 0 Å². The highest BCUT2D eigenvalue weighted by atomic mass is 35.5. The molecule has 0 bridgehead atoms. The summed E-state index contributed by atoms with van der Waals surface area (Å²) >= 11 is 6.46. The van der Waals surface area contributed by atoms with Gasteiger partial charge in [-0.1, -0.05) is 38.3 Å². The quantitative estimate of drug-likeness (QED) is 0.861. The summed E-state index contributed by atoms with van der Waals surface area (Å²) in [5.74, 6) is 2.40. The normalized spacial score (nSPS) is 26.2. The predicted octanol–water partition coefficient (Wildman–Crippen LogP) is 3.98. The molecule has 1 aromatic heterocycles. The van der Waals surface area contributed by atoms with E-state index < -0.39 is 0 Å². The molecule has 3 nitrogen and oxygen atoms in total. The molecule has 1 saturated carbocycles. The molecule has 0 radical (unpaired) electrons. The van der Waals surface area contributed by atoms with Gasteiger partial charge in [-0.2, -0.15) is 5.10 Å². The van der Waals surface area contributed by atoms with E-state index in [1.165, 1.54) is 31.4 Å². The van der Waals surface area contributed by atoms with E-state index in [1.54, 1.807) is 0 Å². The Labute approximate surface area is 134 Å². The summed E-state index contributed by atoms with van der Waals surface area (Å²) in [6, 6.07) is 0. The minimum atomic E-state index is 0.732. The number of aryl methyl sites for hydroxylation is 2. The first-order valence-corrected chi connectivity index (χ1v) is 8.83. The van der Waals surface area contributed by atoms with Gasteiger partial charge in [-0.3, -0.25) is 4.68 Å². The van der Waals surface area contributed by atoms with Crippen LogP contribution in [0.2, 0.25) is 5.02 Å². The summed E-state index contributed by atoms with van der Waals surface area (Å²) in [6.45, 7) is 8.72. The number of nitrogens with zero attached hydrogens (tertiary/aromatic N) is 2. The molecule has 1 aliphatic rings. The zero-order chi connectivity index (χ0) is 15.4. The fraction of sp³-hybridized carbons (Fsp3) is 0.824. The van der Waals surface area contributed by atoms with E-state index >= 15 is 0 Å². The SMILES string of the molecule is CCNCC1CCC(CC)CC1Cc1c(Cl)c(C)nn1C. The van der Waals surface area contributed by atoms with Crippen molar-refractivity contribution in [2.75, 3.05) is 13.1 Å². The van der Waals surface area contributed by atoms with Crippen molar-refractivity contribution in [3.63, 3.8) is 0 Å². The standard InChI is InChI=1S/C17H30ClN3/c1-5-13-7-8-14(11-19-6-2)15(9-13)10-16-17(18)12(3)20-21(16)4/h13-15,19H,5-11H2,1-4H3. The van der Waals surface area contributed by atoms with Crippen LogP contribution < -0.4 is 5.32 Å². The van der Waals surface area contributed by atoms with Gasteiger partial charge in [0.2, 0.25) is 0 Å². The Bertz CT molecular complexity index is 455. The van der Waals surface area contributed by atoms with E-state index in [0.29, 0.717) is 0 Å². The van der Waals surface area contributed by atoms with Crippen LogP contribution in [0.5, 0.6) is 0 Å². The summed E-state index contributed by atoms with van der Waals surface area (Å²) in [6.07, 6.45) is 6.46. The molecule has 0 amide bonds. The fourth-order valence-electron chi connectivity index (χ4n) is 3.79. The van der Waals surface area contributed by atoms with Gasteiger partial charge < -0.3 is 5.32 Å². The largest absolute Gasteiger partial charge is 0.317 e. The number of halogens is 1. The van der Waals surface area contributed by atoms with Crippen LogP contribution in [0, 0.1) is 24.7 Å². The van der Waals surface area contributed by atoms with Gasteiger partial charge in [-0.05, 0) is 57.0 Å². The van der Waals surface area contributed by atoms with Crippen molar-refractivity contribution in [3.05, 3.63) is 16.4 Å². The zero-order valence-electron chi connectivity index (χ0n) is 14.0.